The van der Waals surface area contributed by atoms with Crippen LogP contribution in [0.4, 0.5) is 4.79 Å². The fraction of sp³-hybridized carbons (Fsp3) is 0.571. The summed E-state index contributed by atoms with van der Waals surface area (Å²) in [5, 5.41) is 7.51. The zero-order valence-corrected chi connectivity index (χ0v) is 15.3. The number of carbonyl (C=O) groups excluding carboxylic acids is 1. The Bertz CT molecular complexity index is 806. The normalized spacial score (nSPS) is 32.0. The number of aromatic amines is 1. The zero-order valence-electron chi connectivity index (χ0n) is 15.3. The molecule has 5 heteroatoms. The SMILES string of the molecule is COc1ccc2[nH]c(CNC(=O)NC34CC5CC(CC(C5)C3)C4)cc2c1. The molecule has 2 aromatic rings. The highest BCUT2D eigenvalue weighted by atomic mass is 16.5. The van der Waals surface area contributed by atoms with E-state index in [0.717, 1.165) is 40.1 Å². The lowest BCUT2D eigenvalue weighted by Gasteiger charge is -2.56. The quantitative estimate of drug-likeness (QED) is 0.779. The molecule has 0 aliphatic heterocycles. The van der Waals surface area contributed by atoms with Crippen molar-refractivity contribution in [2.45, 2.75) is 50.6 Å². The van der Waals surface area contributed by atoms with Gasteiger partial charge < -0.3 is 20.4 Å². The largest absolute Gasteiger partial charge is 0.497 e. The molecule has 0 atom stereocenters. The van der Waals surface area contributed by atoms with Crippen LogP contribution in [0.5, 0.6) is 5.75 Å². The van der Waals surface area contributed by atoms with Crippen LogP contribution in [0.1, 0.15) is 44.2 Å². The van der Waals surface area contributed by atoms with E-state index < -0.39 is 0 Å². The first-order valence-electron chi connectivity index (χ1n) is 9.82. The van der Waals surface area contributed by atoms with E-state index in [-0.39, 0.29) is 11.6 Å². The van der Waals surface area contributed by atoms with Gasteiger partial charge in [-0.3, -0.25) is 0 Å². The summed E-state index contributed by atoms with van der Waals surface area (Å²) in [6, 6.07) is 8.00. The zero-order chi connectivity index (χ0) is 17.7. The van der Waals surface area contributed by atoms with E-state index in [0.29, 0.717) is 6.54 Å². The first kappa shape index (κ1) is 16.0. The van der Waals surface area contributed by atoms with Crippen molar-refractivity contribution in [3.8, 4) is 5.75 Å². The number of hydrogen-bond donors (Lipinski definition) is 3. The number of H-pyrrole nitrogens is 1. The van der Waals surface area contributed by atoms with Crippen LogP contribution in [0.2, 0.25) is 0 Å². The average Bonchev–Trinajstić information content (AvgIpc) is 3.00. The van der Waals surface area contributed by atoms with Gasteiger partial charge in [-0.1, -0.05) is 0 Å². The van der Waals surface area contributed by atoms with Gasteiger partial charge in [0.1, 0.15) is 5.75 Å². The molecule has 6 rings (SSSR count). The van der Waals surface area contributed by atoms with E-state index in [1.165, 1.54) is 38.5 Å². The number of rotatable bonds is 4. The molecule has 4 bridgehead atoms. The van der Waals surface area contributed by atoms with E-state index in [1.807, 2.05) is 18.2 Å². The third kappa shape index (κ3) is 2.83. The summed E-state index contributed by atoms with van der Waals surface area (Å²) >= 11 is 0. The van der Waals surface area contributed by atoms with Crippen molar-refractivity contribution < 1.29 is 9.53 Å². The second kappa shape index (κ2) is 5.93. The number of aromatic nitrogens is 1. The van der Waals surface area contributed by atoms with E-state index in [2.05, 4.69) is 21.7 Å². The molecule has 4 aliphatic carbocycles. The van der Waals surface area contributed by atoms with E-state index in [9.17, 15) is 4.79 Å². The Morgan fingerprint density at radius 1 is 1.15 bits per heavy atom. The van der Waals surface area contributed by atoms with Gasteiger partial charge in [-0.25, -0.2) is 4.79 Å². The second-order valence-corrected chi connectivity index (χ2v) is 8.75. The van der Waals surface area contributed by atoms with Crippen LogP contribution in [-0.2, 0) is 6.54 Å². The molecule has 0 spiro atoms. The summed E-state index contributed by atoms with van der Waals surface area (Å²) < 4.78 is 5.27. The van der Waals surface area contributed by atoms with Crippen LogP contribution < -0.4 is 15.4 Å². The van der Waals surface area contributed by atoms with Crippen LogP contribution >= 0.6 is 0 Å². The van der Waals surface area contributed by atoms with Crippen LogP contribution in [0.25, 0.3) is 10.9 Å². The van der Waals surface area contributed by atoms with Crippen molar-refractivity contribution in [2.24, 2.45) is 17.8 Å². The van der Waals surface area contributed by atoms with Crippen LogP contribution in [0, 0.1) is 17.8 Å². The lowest BCUT2D eigenvalue weighted by molar-refractivity contribution is -0.0135. The Morgan fingerprint density at radius 2 is 1.85 bits per heavy atom. The van der Waals surface area contributed by atoms with Crippen LogP contribution in [0.3, 0.4) is 0 Å². The van der Waals surface area contributed by atoms with Crippen molar-refractivity contribution in [3.63, 3.8) is 0 Å². The molecule has 0 saturated heterocycles. The number of carbonyl (C=O) groups is 1. The molecule has 2 amide bonds. The fourth-order valence-corrected chi connectivity index (χ4v) is 6.12. The average molecular weight is 353 g/mol. The van der Waals surface area contributed by atoms with Gasteiger partial charge in [0.2, 0.25) is 0 Å². The molecule has 4 saturated carbocycles. The highest BCUT2D eigenvalue weighted by molar-refractivity contribution is 5.82. The Morgan fingerprint density at radius 3 is 2.50 bits per heavy atom. The number of fused-ring (bicyclic) bond motifs is 1. The fourth-order valence-electron chi connectivity index (χ4n) is 6.12. The predicted molar refractivity (Wildman–Crippen MR) is 101 cm³/mol. The smallest absolute Gasteiger partial charge is 0.315 e. The van der Waals surface area contributed by atoms with Gasteiger partial charge in [-0.05, 0) is 80.5 Å². The number of methoxy groups -OCH3 is 1. The Hall–Kier alpha value is -2.17. The first-order chi connectivity index (χ1) is 12.6. The molecule has 26 heavy (non-hydrogen) atoms. The molecule has 1 aromatic carbocycles. The van der Waals surface area contributed by atoms with E-state index in [1.54, 1.807) is 7.11 Å². The second-order valence-electron chi connectivity index (χ2n) is 8.75. The van der Waals surface area contributed by atoms with Gasteiger partial charge in [-0.2, -0.15) is 0 Å². The van der Waals surface area contributed by atoms with Crippen molar-refractivity contribution >= 4 is 16.9 Å². The lowest BCUT2D eigenvalue weighted by atomic mass is 9.53. The van der Waals surface area contributed by atoms with Crippen LogP contribution in [0.15, 0.2) is 24.3 Å². The minimum absolute atomic E-state index is 0.0248. The minimum Gasteiger partial charge on any atom is -0.497 e. The summed E-state index contributed by atoms with van der Waals surface area (Å²) in [5.74, 6) is 3.36. The number of benzene rings is 1. The number of ether oxygens (including phenoxy) is 1. The minimum atomic E-state index is -0.0248. The number of hydrogen-bond acceptors (Lipinski definition) is 2. The summed E-state index contributed by atoms with van der Waals surface area (Å²) in [6.07, 6.45) is 7.71. The van der Waals surface area contributed by atoms with Crippen molar-refractivity contribution in [1.29, 1.82) is 0 Å². The Kier molecular flexibility index (Phi) is 3.66. The molecule has 1 aromatic heterocycles. The molecule has 0 unspecified atom stereocenters. The maximum absolute atomic E-state index is 12.6. The molecule has 0 radical (unpaired) electrons. The van der Waals surface area contributed by atoms with Crippen molar-refractivity contribution in [3.05, 3.63) is 30.0 Å². The lowest BCUT2D eigenvalue weighted by Crippen LogP contribution is -2.61. The first-order valence-corrected chi connectivity index (χ1v) is 9.82. The van der Waals surface area contributed by atoms with Crippen molar-refractivity contribution in [1.82, 2.24) is 15.6 Å². The number of nitrogens with one attached hydrogen (secondary N) is 3. The Balaban J connectivity index is 1.22. The number of urea groups is 1. The standard InChI is InChI=1S/C21H27N3O2/c1-26-18-2-3-19-16(8-18)7-17(23-19)12-22-20(25)24-21-9-13-4-14(10-21)6-15(5-13)11-21/h2-3,7-8,13-15,23H,4-6,9-12H2,1H3,(H2,22,24,25). The molecule has 138 valence electrons. The predicted octanol–water partition coefficient (Wildman–Crippen LogP) is 3.94. The van der Waals surface area contributed by atoms with Gasteiger partial charge in [0.15, 0.2) is 0 Å². The molecule has 4 fully saturated rings. The highest BCUT2D eigenvalue weighted by Crippen LogP contribution is 2.55. The molecular weight excluding hydrogens is 326 g/mol. The summed E-state index contributed by atoms with van der Waals surface area (Å²) in [5.41, 5.74) is 2.13. The van der Waals surface area contributed by atoms with Crippen LogP contribution in [-0.4, -0.2) is 23.7 Å². The number of amides is 2. The van der Waals surface area contributed by atoms with E-state index in [4.69, 9.17) is 4.74 Å². The third-order valence-corrected chi connectivity index (χ3v) is 6.74. The van der Waals surface area contributed by atoms with Crippen molar-refractivity contribution in [2.75, 3.05) is 7.11 Å². The summed E-state index contributed by atoms with van der Waals surface area (Å²) in [6.45, 7) is 0.509. The molecule has 4 aliphatic rings. The molecule has 5 nitrogen and oxygen atoms in total. The van der Waals surface area contributed by atoms with Gasteiger partial charge in [-0.15, -0.1) is 0 Å². The van der Waals surface area contributed by atoms with Gasteiger partial charge in [0.05, 0.1) is 13.7 Å². The van der Waals surface area contributed by atoms with Gasteiger partial charge in [0, 0.05) is 22.1 Å². The summed E-state index contributed by atoms with van der Waals surface area (Å²) in [7, 11) is 1.67. The monoisotopic (exact) mass is 353 g/mol. The summed E-state index contributed by atoms with van der Waals surface area (Å²) in [4.78, 5) is 15.9. The topological polar surface area (TPSA) is 66.1 Å². The maximum atomic E-state index is 12.6. The molecule has 3 N–H and O–H groups in total. The maximum Gasteiger partial charge on any atom is 0.315 e. The van der Waals surface area contributed by atoms with E-state index >= 15 is 0 Å². The van der Waals surface area contributed by atoms with Gasteiger partial charge >= 0.3 is 6.03 Å². The molecular formula is C21H27N3O2. The molecule has 1 heterocycles. The highest BCUT2D eigenvalue weighted by Gasteiger charge is 2.51. The third-order valence-electron chi connectivity index (χ3n) is 6.74. The Labute approximate surface area is 153 Å². The van der Waals surface area contributed by atoms with Gasteiger partial charge in [0.25, 0.3) is 0 Å².